The van der Waals surface area contributed by atoms with E-state index in [1.165, 1.54) is 24.0 Å². The molecule has 0 amide bonds. The third kappa shape index (κ3) is 6.60. The fourth-order valence-electron chi connectivity index (χ4n) is 2.82. The van der Waals surface area contributed by atoms with Crippen molar-refractivity contribution in [2.24, 2.45) is 10.9 Å². The van der Waals surface area contributed by atoms with Gasteiger partial charge in [-0.2, -0.15) is 0 Å². The van der Waals surface area contributed by atoms with Crippen molar-refractivity contribution in [3.8, 4) is 0 Å². The van der Waals surface area contributed by atoms with Gasteiger partial charge >= 0.3 is 0 Å². The molecule has 0 aliphatic heterocycles. The zero-order chi connectivity index (χ0) is 18.9. The van der Waals surface area contributed by atoms with Gasteiger partial charge in [-0.05, 0) is 49.7 Å². The summed E-state index contributed by atoms with van der Waals surface area (Å²) in [6.45, 7) is 5.98. The van der Waals surface area contributed by atoms with Gasteiger partial charge < -0.3 is 0 Å². The van der Waals surface area contributed by atoms with Crippen LogP contribution in [-0.4, -0.2) is 22.2 Å². The molecule has 3 nitrogen and oxygen atoms in total. The third-order valence-electron chi connectivity index (χ3n) is 4.51. The third-order valence-corrected chi connectivity index (χ3v) is 6.48. The van der Waals surface area contributed by atoms with Crippen molar-refractivity contribution in [1.82, 2.24) is 10.2 Å². The first-order chi connectivity index (χ1) is 13.2. The van der Waals surface area contributed by atoms with E-state index in [0.29, 0.717) is 5.92 Å². The first-order valence-corrected chi connectivity index (χ1v) is 11.1. The van der Waals surface area contributed by atoms with Crippen molar-refractivity contribution < 1.29 is 0 Å². The van der Waals surface area contributed by atoms with Crippen molar-refractivity contribution in [2.45, 2.75) is 36.9 Å². The SMILES string of the molecule is C=Cc1ccc(CCSc2nnc(N=CCC3C=CC=C(C)CC3)s2)cc1. The van der Waals surface area contributed by atoms with E-state index in [1.54, 1.807) is 23.1 Å². The smallest absolute Gasteiger partial charge is 0.231 e. The number of aryl methyl sites for hydroxylation is 1. The molecule has 0 fully saturated rings. The Balaban J connectivity index is 1.42. The van der Waals surface area contributed by atoms with Gasteiger partial charge in [-0.25, -0.2) is 4.99 Å². The lowest BCUT2D eigenvalue weighted by atomic mass is 9.99. The lowest BCUT2D eigenvalue weighted by Gasteiger charge is -2.06. The van der Waals surface area contributed by atoms with Gasteiger partial charge in [-0.3, -0.25) is 0 Å². The molecule has 3 rings (SSSR count). The molecule has 1 heterocycles. The standard InChI is InChI=1S/C22H25N3S2/c1-3-18-9-11-20(12-10-18)14-16-26-22-25-24-21(27-22)23-15-13-19-6-4-5-17(2)7-8-19/h3-6,9-12,15,19H,1,7-8,13-14,16H2,2H3. The van der Waals surface area contributed by atoms with Gasteiger partial charge in [0.1, 0.15) is 0 Å². The fraction of sp³-hybridized carbons (Fsp3) is 0.318. The van der Waals surface area contributed by atoms with Crippen molar-refractivity contribution in [1.29, 1.82) is 0 Å². The number of aliphatic imine (C=N–C) groups is 1. The summed E-state index contributed by atoms with van der Waals surface area (Å²) >= 11 is 3.31. The molecule has 1 aliphatic rings. The zero-order valence-electron chi connectivity index (χ0n) is 15.7. The molecular weight excluding hydrogens is 370 g/mol. The van der Waals surface area contributed by atoms with Crippen LogP contribution in [0.2, 0.25) is 0 Å². The number of hydrogen-bond acceptors (Lipinski definition) is 5. The summed E-state index contributed by atoms with van der Waals surface area (Å²) in [5.41, 5.74) is 3.94. The molecule has 0 saturated heterocycles. The Morgan fingerprint density at radius 1 is 1.30 bits per heavy atom. The molecule has 1 atom stereocenters. The highest BCUT2D eigenvalue weighted by molar-refractivity contribution is 8.01. The molecule has 1 aromatic heterocycles. The average molecular weight is 396 g/mol. The maximum Gasteiger partial charge on any atom is 0.232 e. The second-order valence-corrected chi connectivity index (χ2v) is 8.94. The van der Waals surface area contributed by atoms with Gasteiger partial charge in [0.15, 0.2) is 4.34 Å². The van der Waals surface area contributed by atoms with E-state index in [9.17, 15) is 0 Å². The number of thioether (sulfide) groups is 1. The molecule has 0 saturated carbocycles. The predicted molar refractivity (Wildman–Crippen MR) is 119 cm³/mol. The Kier molecular flexibility index (Phi) is 7.60. The van der Waals surface area contributed by atoms with Gasteiger partial charge in [0.25, 0.3) is 0 Å². The fourth-order valence-corrected chi connectivity index (χ4v) is 4.59. The molecule has 5 heteroatoms. The molecule has 0 bridgehead atoms. The Morgan fingerprint density at radius 2 is 2.15 bits per heavy atom. The molecule has 0 N–H and O–H groups in total. The maximum absolute atomic E-state index is 4.50. The van der Waals surface area contributed by atoms with Crippen molar-refractivity contribution >= 4 is 40.5 Å². The van der Waals surface area contributed by atoms with Crippen LogP contribution in [0.25, 0.3) is 6.08 Å². The number of hydrogen-bond donors (Lipinski definition) is 0. The maximum atomic E-state index is 4.50. The minimum absolute atomic E-state index is 0.566. The largest absolute Gasteiger partial charge is 0.232 e. The average Bonchev–Trinajstić information content (AvgIpc) is 3.03. The highest BCUT2D eigenvalue weighted by Crippen LogP contribution is 2.28. The highest BCUT2D eigenvalue weighted by Gasteiger charge is 2.07. The first-order valence-electron chi connectivity index (χ1n) is 9.27. The Hall–Kier alpha value is -1.98. The van der Waals surface area contributed by atoms with Crippen LogP contribution in [0.5, 0.6) is 0 Å². The van der Waals surface area contributed by atoms with Crippen LogP contribution >= 0.6 is 23.1 Å². The number of rotatable bonds is 8. The topological polar surface area (TPSA) is 38.1 Å². The van der Waals surface area contributed by atoms with Gasteiger partial charge in [-0.15, -0.1) is 10.2 Å². The highest BCUT2D eigenvalue weighted by atomic mass is 32.2. The van der Waals surface area contributed by atoms with E-state index in [2.05, 4.69) is 71.2 Å². The lowest BCUT2D eigenvalue weighted by molar-refractivity contribution is 0.620. The molecule has 27 heavy (non-hydrogen) atoms. The molecule has 140 valence electrons. The number of benzene rings is 1. The van der Waals surface area contributed by atoms with Crippen LogP contribution in [0.15, 0.2) is 64.0 Å². The first kappa shape index (κ1) is 19.8. The monoisotopic (exact) mass is 395 g/mol. The molecule has 2 aromatic rings. The number of allylic oxidation sites excluding steroid dienone is 4. The van der Waals surface area contributed by atoms with Crippen LogP contribution in [-0.2, 0) is 6.42 Å². The molecule has 1 aromatic carbocycles. The van der Waals surface area contributed by atoms with E-state index >= 15 is 0 Å². The number of aromatic nitrogens is 2. The lowest BCUT2D eigenvalue weighted by Crippen LogP contribution is -1.96. The van der Waals surface area contributed by atoms with Crippen LogP contribution < -0.4 is 0 Å². The normalized spacial score (nSPS) is 17.1. The summed E-state index contributed by atoms with van der Waals surface area (Å²) in [5.74, 6) is 1.56. The van der Waals surface area contributed by atoms with E-state index in [-0.39, 0.29) is 0 Å². The van der Waals surface area contributed by atoms with Crippen LogP contribution in [0.3, 0.4) is 0 Å². The summed E-state index contributed by atoms with van der Waals surface area (Å²) in [7, 11) is 0. The summed E-state index contributed by atoms with van der Waals surface area (Å²) in [5, 5.41) is 9.19. The Labute approximate surface area is 170 Å². The van der Waals surface area contributed by atoms with Gasteiger partial charge in [-0.1, -0.05) is 83.8 Å². The quantitative estimate of drug-likeness (QED) is 0.377. The van der Waals surface area contributed by atoms with E-state index in [4.69, 9.17) is 0 Å². The second-order valence-electron chi connectivity index (χ2n) is 6.64. The summed E-state index contributed by atoms with van der Waals surface area (Å²) in [4.78, 5) is 4.50. The van der Waals surface area contributed by atoms with Crippen molar-refractivity contribution in [3.63, 3.8) is 0 Å². The minimum atomic E-state index is 0.566. The van der Waals surface area contributed by atoms with Crippen molar-refractivity contribution in [2.75, 3.05) is 5.75 Å². The molecule has 1 unspecified atom stereocenters. The van der Waals surface area contributed by atoms with Crippen LogP contribution in [0, 0.1) is 5.92 Å². The van der Waals surface area contributed by atoms with E-state index in [0.717, 1.165) is 33.6 Å². The summed E-state index contributed by atoms with van der Waals surface area (Å²) < 4.78 is 0.985. The molecule has 1 aliphatic carbocycles. The minimum Gasteiger partial charge on any atom is -0.231 e. The van der Waals surface area contributed by atoms with Crippen LogP contribution in [0.1, 0.15) is 37.3 Å². The molecular formula is C22H25N3S2. The zero-order valence-corrected chi connectivity index (χ0v) is 17.3. The number of nitrogens with zero attached hydrogens (tertiary/aromatic N) is 3. The Morgan fingerprint density at radius 3 is 2.96 bits per heavy atom. The molecule has 0 radical (unpaired) electrons. The van der Waals surface area contributed by atoms with E-state index < -0.39 is 0 Å². The predicted octanol–water partition coefficient (Wildman–Crippen LogP) is 6.52. The molecule has 0 spiro atoms. The summed E-state index contributed by atoms with van der Waals surface area (Å²) in [6, 6.07) is 8.52. The van der Waals surface area contributed by atoms with E-state index in [1.807, 2.05) is 12.3 Å². The summed E-state index contributed by atoms with van der Waals surface area (Å²) in [6.07, 6.45) is 14.9. The van der Waals surface area contributed by atoms with Gasteiger partial charge in [0, 0.05) is 12.0 Å². The second kappa shape index (κ2) is 10.4. The van der Waals surface area contributed by atoms with Gasteiger partial charge in [0.05, 0.1) is 0 Å². The Bertz CT molecular complexity index is 831. The van der Waals surface area contributed by atoms with Crippen molar-refractivity contribution in [3.05, 3.63) is 65.8 Å². The van der Waals surface area contributed by atoms with Gasteiger partial charge in [0.2, 0.25) is 5.13 Å². The van der Waals surface area contributed by atoms with Crippen LogP contribution in [0.4, 0.5) is 5.13 Å².